The average molecular weight is 227 g/mol. The quantitative estimate of drug-likeness (QED) is 0.783. The minimum Gasteiger partial charge on any atom is -0.382 e. The van der Waals surface area contributed by atoms with Gasteiger partial charge in [0.2, 0.25) is 0 Å². The molecule has 1 aliphatic rings. The summed E-state index contributed by atoms with van der Waals surface area (Å²) < 4.78 is 5.27. The molecule has 1 rings (SSSR count). The molecule has 1 fully saturated rings. The minimum atomic E-state index is 0.353. The van der Waals surface area contributed by atoms with Crippen LogP contribution in [0.4, 0.5) is 0 Å². The topological polar surface area (TPSA) is 35.2 Å². The Kier molecular flexibility index (Phi) is 5.77. The van der Waals surface area contributed by atoms with Gasteiger partial charge in [-0.2, -0.15) is 0 Å². The molecule has 5 atom stereocenters. The van der Waals surface area contributed by atoms with Gasteiger partial charge < -0.3 is 10.5 Å². The van der Waals surface area contributed by atoms with Crippen LogP contribution in [0.1, 0.15) is 52.9 Å². The Bertz CT molecular complexity index is 195. The van der Waals surface area contributed by atoms with E-state index in [0.717, 1.165) is 30.6 Å². The van der Waals surface area contributed by atoms with Crippen molar-refractivity contribution in [3.63, 3.8) is 0 Å². The standard InChI is InChI=1S/C14H29NO/c1-10-5-7-13(9-11(10)2)14(15)8-6-12(3)16-4/h10-14H,5-9,15H2,1-4H3. The third-order valence-electron chi connectivity index (χ3n) is 4.55. The molecule has 5 unspecified atom stereocenters. The average Bonchev–Trinajstić information content (AvgIpc) is 2.29. The highest BCUT2D eigenvalue weighted by Crippen LogP contribution is 2.35. The van der Waals surface area contributed by atoms with E-state index in [1.807, 2.05) is 0 Å². The molecule has 0 radical (unpaired) electrons. The van der Waals surface area contributed by atoms with E-state index in [9.17, 15) is 0 Å². The van der Waals surface area contributed by atoms with Crippen molar-refractivity contribution < 1.29 is 4.74 Å². The number of nitrogens with two attached hydrogens (primary N) is 1. The zero-order chi connectivity index (χ0) is 12.1. The highest BCUT2D eigenvalue weighted by atomic mass is 16.5. The number of rotatable bonds is 5. The van der Waals surface area contributed by atoms with Crippen LogP contribution in [0.3, 0.4) is 0 Å². The largest absolute Gasteiger partial charge is 0.382 e. The van der Waals surface area contributed by atoms with Gasteiger partial charge in [-0.15, -0.1) is 0 Å². The molecule has 16 heavy (non-hydrogen) atoms. The predicted octanol–water partition coefficient (Wildman–Crippen LogP) is 3.20. The van der Waals surface area contributed by atoms with Gasteiger partial charge in [-0.3, -0.25) is 0 Å². The molecule has 0 aromatic carbocycles. The zero-order valence-corrected chi connectivity index (χ0v) is 11.4. The van der Waals surface area contributed by atoms with Crippen LogP contribution in [0.5, 0.6) is 0 Å². The van der Waals surface area contributed by atoms with Gasteiger partial charge in [0.15, 0.2) is 0 Å². The first-order valence-electron chi connectivity index (χ1n) is 6.83. The predicted molar refractivity (Wildman–Crippen MR) is 69.3 cm³/mol. The van der Waals surface area contributed by atoms with E-state index in [-0.39, 0.29) is 0 Å². The summed E-state index contributed by atoms with van der Waals surface area (Å²) in [6.45, 7) is 6.87. The number of ether oxygens (including phenoxy) is 1. The van der Waals surface area contributed by atoms with Crippen LogP contribution >= 0.6 is 0 Å². The van der Waals surface area contributed by atoms with E-state index in [0.29, 0.717) is 12.1 Å². The molecule has 0 amide bonds. The van der Waals surface area contributed by atoms with Crippen molar-refractivity contribution >= 4 is 0 Å². The smallest absolute Gasteiger partial charge is 0.0543 e. The Morgan fingerprint density at radius 3 is 2.44 bits per heavy atom. The van der Waals surface area contributed by atoms with Gasteiger partial charge >= 0.3 is 0 Å². The first kappa shape index (κ1) is 14.0. The van der Waals surface area contributed by atoms with Crippen LogP contribution in [-0.2, 0) is 4.74 Å². The van der Waals surface area contributed by atoms with Gasteiger partial charge in [-0.25, -0.2) is 0 Å². The highest BCUT2D eigenvalue weighted by molar-refractivity contribution is 4.82. The lowest BCUT2D eigenvalue weighted by molar-refractivity contribution is 0.101. The van der Waals surface area contributed by atoms with Gasteiger partial charge in [0, 0.05) is 13.2 Å². The first-order chi connectivity index (χ1) is 7.54. The highest BCUT2D eigenvalue weighted by Gasteiger charge is 2.28. The second kappa shape index (κ2) is 6.61. The molecule has 0 aliphatic heterocycles. The summed E-state index contributed by atoms with van der Waals surface area (Å²) in [5.41, 5.74) is 6.30. The number of methoxy groups -OCH3 is 1. The van der Waals surface area contributed by atoms with Gasteiger partial charge in [0.1, 0.15) is 0 Å². The van der Waals surface area contributed by atoms with E-state index in [4.69, 9.17) is 10.5 Å². The van der Waals surface area contributed by atoms with E-state index < -0.39 is 0 Å². The van der Waals surface area contributed by atoms with Crippen molar-refractivity contribution in [2.75, 3.05) is 7.11 Å². The molecule has 0 spiro atoms. The van der Waals surface area contributed by atoms with Crippen LogP contribution in [0.25, 0.3) is 0 Å². The number of hydrogen-bond donors (Lipinski definition) is 1. The van der Waals surface area contributed by atoms with Crippen molar-refractivity contribution in [3.8, 4) is 0 Å². The van der Waals surface area contributed by atoms with E-state index in [1.165, 1.54) is 19.3 Å². The van der Waals surface area contributed by atoms with Crippen LogP contribution < -0.4 is 5.73 Å². The lowest BCUT2D eigenvalue weighted by Gasteiger charge is -2.35. The molecule has 1 aliphatic carbocycles. The second-order valence-corrected chi connectivity index (χ2v) is 5.82. The Hall–Kier alpha value is -0.0800. The third kappa shape index (κ3) is 4.06. The molecule has 2 nitrogen and oxygen atoms in total. The summed E-state index contributed by atoms with van der Waals surface area (Å²) in [7, 11) is 1.78. The second-order valence-electron chi connectivity index (χ2n) is 5.82. The molecular weight excluding hydrogens is 198 g/mol. The van der Waals surface area contributed by atoms with Gasteiger partial charge in [-0.05, 0) is 50.4 Å². The molecule has 2 heteroatoms. The fourth-order valence-corrected chi connectivity index (χ4v) is 2.76. The van der Waals surface area contributed by atoms with Crippen LogP contribution in [-0.4, -0.2) is 19.3 Å². The lowest BCUT2D eigenvalue weighted by Crippen LogP contribution is -2.36. The summed E-state index contributed by atoms with van der Waals surface area (Å²) in [4.78, 5) is 0. The fraction of sp³-hybridized carbons (Fsp3) is 1.00. The molecule has 2 N–H and O–H groups in total. The fourth-order valence-electron chi connectivity index (χ4n) is 2.76. The number of hydrogen-bond acceptors (Lipinski definition) is 2. The first-order valence-corrected chi connectivity index (χ1v) is 6.83. The van der Waals surface area contributed by atoms with Crippen molar-refractivity contribution in [2.45, 2.75) is 65.0 Å². The maximum atomic E-state index is 6.30. The lowest BCUT2D eigenvalue weighted by atomic mass is 9.72. The molecule has 0 saturated heterocycles. The van der Waals surface area contributed by atoms with Gasteiger partial charge in [-0.1, -0.05) is 20.3 Å². The molecule has 0 heterocycles. The van der Waals surface area contributed by atoms with Crippen LogP contribution in [0.15, 0.2) is 0 Å². The molecule has 0 aromatic heterocycles. The zero-order valence-electron chi connectivity index (χ0n) is 11.4. The maximum absolute atomic E-state index is 6.30. The Morgan fingerprint density at radius 1 is 1.19 bits per heavy atom. The van der Waals surface area contributed by atoms with Gasteiger partial charge in [0.25, 0.3) is 0 Å². The summed E-state index contributed by atoms with van der Waals surface area (Å²) in [6.07, 6.45) is 6.57. The maximum Gasteiger partial charge on any atom is 0.0543 e. The molecule has 1 saturated carbocycles. The normalized spacial score (nSPS) is 34.7. The summed E-state index contributed by atoms with van der Waals surface area (Å²) in [5.74, 6) is 2.49. The third-order valence-corrected chi connectivity index (χ3v) is 4.55. The Balaban J connectivity index is 2.28. The van der Waals surface area contributed by atoms with E-state index >= 15 is 0 Å². The molecule has 96 valence electrons. The monoisotopic (exact) mass is 227 g/mol. The van der Waals surface area contributed by atoms with Gasteiger partial charge in [0.05, 0.1) is 6.10 Å². The Morgan fingerprint density at radius 2 is 1.88 bits per heavy atom. The van der Waals surface area contributed by atoms with E-state index in [1.54, 1.807) is 7.11 Å². The Labute approximate surface area is 101 Å². The summed E-state index contributed by atoms with van der Waals surface area (Å²) >= 11 is 0. The van der Waals surface area contributed by atoms with Crippen LogP contribution in [0, 0.1) is 17.8 Å². The van der Waals surface area contributed by atoms with Crippen molar-refractivity contribution in [1.29, 1.82) is 0 Å². The minimum absolute atomic E-state index is 0.353. The van der Waals surface area contributed by atoms with Crippen molar-refractivity contribution in [2.24, 2.45) is 23.5 Å². The molecule has 0 bridgehead atoms. The molecular formula is C14H29NO. The SMILES string of the molecule is COC(C)CCC(N)C1CCC(C)C(C)C1. The summed E-state index contributed by atoms with van der Waals surface area (Å²) in [6, 6.07) is 0.382. The van der Waals surface area contributed by atoms with Crippen molar-refractivity contribution in [3.05, 3.63) is 0 Å². The van der Waals surface area contributed by atoms with Crippen molar-refractivity contribution in [1.82, 2.24) is 0 Å². The van der Waals surface area contributed by atoms with Crippen LogP contribution in [0.2, 0.25) is 0 Å². The summed E-state index contributed by atoms with van der Waals surface area (Å²) in [5, 5.41) is 0. The van der Waals surface area contributed by atoms with E-state index in [2.05, 4.69) is 20.8 Å². The molecule has 0 aromatic rings.